The highest BCUT2D eigenvalue weighted by atomic mass is 19.4. The van der Waals surface area contributed by atoms with Crippen molar-refractivity contribution in [1.29, 1.82) is 0 Å². The average molecular weight is 552 g/mol. The molecule has 1 aliphatic carbocycles. The molecule has 206 valence electrons. The first-order chi connectivity index (χ1) is 19.2. The number of fused-ring (bicyclic) bond motifs is 3. The first kappa shape index (κ1) is 25.8. The van der Waals surface area contributed by atoms with Crippen molar-refractivity contribution < 1.29 is 32.1 Å². The molecule has 3 aromatic rings. The summed E-state index contributed by atoms with van der Waals surface area (Å²) in [6.07, 6.45) is -4.21. The molecule has 0 radical (unpaired) electrons. The van der Waals surface area contributed by atoms with Crippen molar-refractivity contribution in [3.63, 3.8) is 0 Å². The number of amides is 3. The van der Waals surface area contributed by atoms with E-state index in [-0.39, 0.29) is 17.2 Å². The maximum atomic E-state index is 14.3. The molecule has 1 spiro atoms. The average Bonchev–Trinajstić information content (AvgIpc) is 3.45. The molecule has 2 aromatic carbocycles. The zero-order valence-electron chi connectivity index (χ0n) is 21.2. The lowest BCUT2D eigenvalue weighted by Gasteiger charge is -2.45. The fourth-order valence-corrected chi connectivity index (χ4v) is 5.64. The maximum absolute atomic E-state index is 14.3. The number of halogens is 3. The highest BCUT2D eigenvalue weighted by Crippen LogP contribution is 2.40. The Morgan fingerprint density at radius 1 is 1.15 bits per heavy atom. The Morgan fingerprint density at radius 3 is 2.60 bits per heavy atom. The number of aryl methyl sites for hydroxylation is 1. The molecule has 9 nitrogen and oxygen atoms in total. The van der Waals surface area contributed by atoms with Gasteiger partial charge in [-0.2, -0.15) is 13.2 Å². The van der Waals surface area contributed by atoms with Crippen LogP contribution < -0.4 is 10.6 Å². The van der Waals surface area contributed by atoms with Crippen LogP contribution in [0.25, 0.3) is 17.0 Å². The number of carbonyl (C=O) groups excluding carboxylic acids is 2. The smallest absolute Gasteiger partial charge is 0.360 e. The zero-order chi connectivity index (χ0) is 28.1. The topological polar surface area (TPSA) is 109 Å². The van der Waals surface area contributed by atoms with Crippen molar-refractivity contribution >= 4 is 24.4 Å². The summed E-state index contributed by atoms with van der Waals surface area (Å²) in [5.74, 6) is -0.613. The number of aromatic nitrogens is 1. The minimum Gasteiger partial charge on any atom is -0.360 e. The van der Waals surface area contributed by atoms with E-state index in [1.807, 2.05) is 18.2 Å². The lowest BCUT2D eigenvalue weighted by molar-refractivity contribution is -0.130. The summed E-state index contributed by atoms with van der Waals surface area (Å²) < 4.78 is 48.3. The molecule has 2 saturated heterocycles. The normalized spacial score (nSPS) is 18.3. The minimum atomic E-state index is -4.71. The predicted octanol–water partition coefficient (Wildman–Crippen LogP) is 3.98. The van der Waals surface area contributed by atoms with E-state index in [1.54, 1.807) is 18.2 Å². The maximum Gasteiger partial charge on any atom is 0.416 e. The summed E-state index contributed by atoms with van der Waals surface area (Å²) in [5, 5.41) is 12.4. The second-order valence-corrected chi connectivity index (χ2v) is 10.1. The molecule has 3 amide bonds. The van der Waals surface area contributed by atoms with Crippen LogP contribution in [0.4, 0.5) is 18.0 Å². The third-order valence-electron chi connectivity index (χ3n) is 7.49. The molecule has 0 atom stereocenters. The van der Waals surface area contributed by atoms with Crippen LogP contribution in [0.3, 0.4) is 0 Å². The van der Waals surface area contributed by atoms with Gasteiger partial charge in [-0.3, -0.25) is 15.0 Å². The van der Waals surface area contributed by atoms with Gasteiger partial charge in [-0.1, -0.05) is 58.8 Å². The quantitative estimate of drug-likeness (QED) is 0.199. The molecule has 3 aliphatic rings. The Balaban J connectivity index is 1.24. The Labute approximate surface area is 226 Å². The number of rotatable bonds is 7. The first-order valence-electron chi connectivity index (χ1n) is 12.6. The summed E-state index contributed by atoms with van der Waals surface area (Å²) in [5.41, 5.74) is 2.44. The number of alkyl halides is 3. The minimum absolute atomic E-state index is 0.126. The number of nitrogens with one attached hydrogen (secondary N) is 2. The molecule has 2 N–H and O–H groups in total. The lowest BCUT2D eigenvalue weighted by atomic mass is 9.86. The van der Waals surface area contributed by atoms with Gasteiger partial charge in [0.15, 0.2) is 5.76 Å². The van der Waals surface area contributed by atoms with Crippen LogP contribution in [0.15, 0.2) is 63.8 Å². The van der Waals surface area contributed by atoms with Crippen molar-refractivity contribution in [3.8, 4) is 11.3 Å². The number of imide groups is 1. The van der Waals surface area contributed by atoms with Gasteiger partial charge < -0.3 is 14.7 Å². The summed E-state index contributed by atoms with van der Waals surface area (Å²) in [6, 6.07) is 13.3. The molecule has 6 rings (SSSR count). The molecular weight excluding hydrogens is 527 g/mol. The number of urea groups is 1. The standard InChI is InChI=1S/C28H24F3N5O4/c1-32-40-24(17-5-3-2-4-6-17)21(28(29,30)31)12-22-20-10-8-18-11-16(7-9-19(18)23(20)35-39-22)13-36-14-27(15-36)25(37)33-26(38)34-27/h2-7,9,11H,1,8,10,12-15H2,(H2,33,34,37,38)/b24-21+. The molecule has 40 heavy (non-hydrogen) atoms. The van der Waals surface area contributed by atoms with E-state index < -0.39 is 35.5 Å². The molecule has 1 aromatic heterocycles. The molecular formula is C28H24F3N5O4. The molecule has 0 bridgehead atoms. The second kappa shape index (κ2) is 9.63. The van der Waals surface area contributed by atoms with E-state index in [4.69, 9.17) is 9.36 Å². The van der Waals surface area contributed by atoms with Crippen LogP contribution in [0.5, 0.6) is 0 Å². The van der Waals surface area contributed by atoms with Gasteiger partial charge in [0.05, 0.1) is 5.57 Å². The predicted molar refractivity (Wildman–Crippen MR) is 138 cm³/mol. The van der Waals surface area contributed by atoms with Crippen molar-refractivity contribution in [2.24, 2.45) is 5.16 Å². The van der Waals surface area contributed by atoms with Crippen LogP contribution >= 0.6 is 0 Å². The van der Waals surface area contributed by atoms with Gasteiger partial charge >= 0.3 is 12.2 Å². The van der Waals surface area contributed by atoms with Gasteiger partial charge in [0.25, 0.3) is 5.91 Å². The summed E-state index contributed by atoms with van der Waals surface area (Å²) in [7, 11) is 0. The number of hydrogen-bond donors (Lipinski definition) is 2. The third kappa shape index (κ3) is 4.53. The Morgan fingerprint density at radius 2 is 1.93 bits per heavy atom. The van der Waals surface area contributed by atoms with Crippen LogP contribution in [-0.4, -0.2) is 53.5 Å². The van der Waals surface area contributed by atoms with E-state index in [9.17, 15) is 22.8 Å². The van der Waals surface area contributed by atoms with Crippen molar-refractivity contribution in [3.05, 3.63) is 82.1 Å². The number of allylic oxidation sites excluding steroid dienone is 1. The van der Waals surface area contributed by atoms with Gasteiger partial charge in [0.1, 0.15) is 17.0 Å². The van der Waals surface area contributed by atoms with Gasteiger partial charge in [-0.05, 0) is 24.0 Å². The first-order valence-corrected chi connectivity index (χ1v) is 12.6. The van der Waals surface area contributed by atoms with E-state index in [0.717, 1.165) is 16.7 Å². The fourth-order valence-electron chi connectivity index (χ4n) is 5.64. The molecule has 0 unspecified atom stereocenters. The van der Waals surface area contributed by atoms with Crippen molar-refractivity contribution in [1.82, 2.24) is 20.7 Å². The van der Waals surface area contributed by atoms with Crippen LogP contribution in [0.2, 0.25) is 0 Å². The SMILES string of the molecule is C=NO/C(=C(\Cc1onc2c1CCc1cc(CN3CC4(C3)NC(=O)NC4=O)ccc1-2)C(F)(F)F)c1ccccc1. The van der Waals surface area contributed by atoms with Crippen molar-refractivity contribution in [2.45, 2.75) is 37.5 Å². The molecule has 2 fully saturated rings. The number of carbonyl (C=O) groups is 2. The fraction of sp³-hybridized carbons (Fsp3) is 0.286. The number of benzene rings is 2. The van der Waals surface area contributed by atoms with E-state index >= 15 is 0 Å². The van der Waals surface area contributed by atoms with Crippen LogP contribution in [0.1, 0.15) is 28.0 Å². The van der Waals surface area contributed by atoms with Gasteiger partial charge in [-0.25, -0.2) is 4.79 Å². The third-order valence-corrected chi connectivity index (χ3v) is 7.49. The highest BCUT2D eigenvalue weighted by molar-refractivity contribution is 6.08. The number of hydrogen-bond acceptors (Lipinski definition) is 7. The molecule has 0 saturated carbocycles. The molecule has 2 aliphatic heterocycles. The van der Waals surface area contributed by atoms with Gasteiger partial charge in [0.2, 0.25) is 0 Å². The Kier molecular flexibility index (Phi) is 6.21. The number of nitrogens with zero attached hydrogens (tertiary/aromatic N) is 3. The monoisotopic (exact) mass is 551 g/mol. The Hall–Kier alpha value is -4.45. The largest absolute Gasteiger partial charge is 0.416 e. The van der Waals surface area contributed by atoms with E-state index in [2.05, 4.69) is 32.6 Å². The second-order valence-electron chi connectivity index (χ2n) is 10.1. The van der Waals surface area contributed by atoms with E-state index in [0.29, 0.717) is 43.7 Å². The lowest BCUT2D eigenvalue weighted by Crippen LogP contribution is -2.70. The van der Waals surface area contributed by atoms with Gasteiger partial charge in [-0.15, -0.1) is 0 Å². The number of likely N-dealkylation sites (tertiary alicyclic amines) is 1. The summed E-state index contributed by atoms with van der Waals surface area (Å²) in [4.78, 5) is 30.6. The highest BCUT2D eigenvalue weighted by Gasteiger charge is 2.54. The number of oxime groups is 1. The van der Waals surface area contributed by atoms with E-state index in [1.165, 1.54) is 12.1 Å². The van der Waals surface area contributed by atoms with Crippen LogP contribution in [0, 0.1) is 0 Å². The van der Waals surface area contributed by atoms with Crippen molar-refractivity contribution in [2.75, 3.05) is 13.1 Å². The summed E-state index contributed by atoms with van der Waals surface area (Å²) in [6.45, 7) is 4.63. The molecule has 12 heteroatoms. The van der Waals surface area contributed by atoms with Crippen LogP contribution in [-0.2, 0) is 35.4 Å². The Bertz CT molecular complexity index is 1540. The van der Waals surface area contributed by atoms with Gasteiger partial charge in [0, 0.05) is 49.5 Å². The zero-order valence-corrected chi connectivity index (χ0v) is 21.2. The molecule has 3 heterocycles. The summed E-state index contributed by atoms with van der Waals surface area (Å²) >= 11 is 0.